The van der Waals surface area contributed by atoms with E-state index in [1.807, 2.05) is 30.3 Å². The predicted molar refractivity (Wildman–Crippen MR) is 156 cm³/mol. The lowest BCUT2D eigenvalue weighted by atomic mass is 9.95. The van der Waals surface area contributed by atoms with Gasteiger partial charge in [0.2, 0.25) is 0 Å². The number of thioether (sulfide) groups is 1. The van der Waals surface area contributed by atoms with Crippen molar-refractivity contribution in [2.24, 2.45) is 0 Å². The minimum Gasteiger partial charge on any atom is -0.508 e. The Morgan fingerprint density at radius 1 is 0.868 bits per heavy atom. The van der Waals surface area contributed by atoms with Gasteiger partial charge in [-0.25, -0.2) is 4.39 Å². The number of aromatic hydroxyl groups is 2. The molecule has 1 heterocycles. The summed E-state index contributed by atoms with van der Waals surface area (Å²) in [6, 6.07) is 28.7. The molecular formula is C31H28FNO3S2. The van der Waals surface area contributed by atoms with Crippen LogP contribution in [-0.2, 0) is 0 Å². The third-order valence-corrected chi connectivity index (χ3v) is 8.57. The van der Waals surface area contributed by atoms with E-state index in [4.69, 9.17) is 12.2 Å². The molecule has 38 heavy (non-hydrogen) atoms. The van der Waals surface area contributed by atoms with Gasteiger partial charge in [0.05, 0.1) is 12.1 Å². The van der Waals surface area contributed by atoms with E-state index in [0.29, 0.717) is 21.9 Å². The second-order valence-electron chi connectivity index (χ2n) is 9.39. The molecule has 0 bridgehead atoms. The van der Waals surface area contributed by atoms with Crippen LogP contribution >= 0.6 is 24.0 Å². The Kier molecular flexibility index (Phi) is 7.98. The summed E-state index contributed by atoms with van der Waals surface area (Å²) in [6.07, 6.45) is 1.30. The summed E-state index contributed by atoms with van der Waals surface area (Å²) in [5.74, 6) is -0.315. The Balaban J connectivity index is 1.38. The lowest BCUT2D eigenvalue weighted by Gasteiger charge is -2.30. The van der Waals surface area contributed by atoms with Gasteiger partial charge < -0.3 is 20.2 Å². The number of nitrogens with zero attached hydrogens (tertiary/aromatic N) is 1. The van der Waals surface area contributed by atoms with E-state index in [0.717, 1.165) is 29.7 Å². The normalized spacial score (nSPS) is 18.1. The summed E-state index contributed by atoms with van der Waals surface area (Å²) in [5, 5.41) is 31.3. The number of phenols is 2. The van der Waals surface area contributed by atoms with Crippen LogP contribution in [0.1, 0.15) is 42.5 Å². The maximum Gasteiger partial charge on any atom is 0.141 e. The number of aliphatic hydroxyl groups is 1. The van der Waals surface area contributed by atoms with Crippen LogP contribution in [0.3, 0.4) is 0 Å². The van der Waals surface area contributed by atoms with Crippen molar-refractivity contribution in [2.45, 2.75) is 36.7 Å². The summed E-state index contributed by atoms with van der Waals surface area (Å²) in [7, 11) is 0. The number of phenolic OH excluding ortho intramolecular Hbond substituents is 2. The first-order chi connectivity index (χ1) is 18.4. The Labute approximate surface area is 231 Å². The monoisotopic (exact) mass is 545 g/mol. The number of anilines is 1. The smallest absolute Gasteiger partial charge is 0.141 e. The molecule has 194 valence electrons. The molecule has 0 aliphatic carbocycles. The lowest BCUT2D eigenvalue weighted by Crippen LogP contribution is -2.29. The fourth-order valence-electron chi connectivity index (χ4n) is 4.94. The average molecular weight is 546 g/mol. The first kappa shape index (κ1) is 26.2. The van der Waals surface area contributed by atoms with Crippen molar-refractivity contribution in [2.75, 3.05) is 4.90 Å². The highest BCUT2D eigenvalue weighted by Gasteiger charge is 2.41. The van der Waals surface area contributed by atoms with Gasteiger partial charge in [0.25, 0.3) is 0 Å². The molecule has 7 heteroatoms. The number of halogens is 1. The van der Waals surface area contributed by atoms with Crippen LogP contribution in [0.2, 0.25) is 0 Å². The van der Waals surface area contributed by atoms with Crippen molar-refractivity contribution in [3.63, 3.8) is 0 Å². The SMILES string of the molecule is Oc1ccc([C@@H]2[C@@H](CCCC(O)c3ccc(F)cc3)SC(=S)N2c2ccc(-c3ccccc3)cc2)c(O)c1. The third-order valence-electron chi connectivity index (χ3n) is 6.89. The van der Waals surface area contributed by atoms with Crippen LogP contribution in [0.5, 0.6) is 11.5 Å². The van der Waals surface area contributed by atoms with Crippen LogP contribution < -0.4 is 4.90 Å². The van der Waals surface area contributed by atoms with Crippen LogP contribution in [0.25, 0.3) is 11.1 Å². The van der Waals surface area contributed by atoms with Crippen LogP contribution in [0.4, 0.5) is 10.1 Å². The molecule has 0 amide bonds. The van der Waals surface area contributed by atoms with E-state index in [-0.39, 0.29) is 28.6 Å². The van der Waals surface area contributed by atoms with Gasteiger partial charge in [-0.05, 0) is 72.4 Å². The Morgan fingerprint density at radius 2 is 1.55 bits per heavy atom. The zero-order chi connectivity index (χ0) is 26.6. The standard InChI is InChI=1S/C31H28FNO3S2/c32-23-13-9-22(10-14-23)27(35)7-4-8-29-30(26-18-17-25(34)19-28(26)36)33(31(37)38-29)24-15-11-21(12-16-24)20-5-2-1-3-6-20/h1-3,5-6,9-19,27,29-30,34-36H,4,7-8H2/t27?,29-,30-/m1/s1. The Hall–Kier alpha value is -3.39. The molecule has 1 saturated heterocycles. The predicted octanol–water partition coefficient (Wildman–Crippen LogP) is 7.76. The molecule has 0 radical (unpaired) electrons. The van der Waals surface area contributed by atoms with Gasteiger partial charge in [0, 0.05) is 22.6 Å². The second kappa shape index (κ2) is 11.6. The van der Waals surface area contributed by atoms with E-state index in [9.17, 15) is 19.7 Å². The molecule has 1 fully saturated rings. The molecule has 0 spiro atoms. The Bertz CT molecular complexity index is 1400. The zero-order valence-corrected chi connectivity index (χ0v) is 22.2. The molecule has 4 nitrogen and oxygen atoms in total. The highest BCUT2D eigenvalue weighted by Crippen LogP contribution is 2.49. The molecule has 1 aliphatic rings. The maximum absolute atomic E-state index is 13.3. The van der Waals surface area contributed by atoms with Crippen LogP contribution in [-0.4, -0.2) is 24.9 Å². The largest absolute Gasteiger partial charge is 0.508 e. The molecule has 4 aromatic rings. The van der Waals surface area contributed by atoms with Gasteiger partial charge in [-0.1, -0.05) is 78.6 Å². The first-order valence-corrected chi connectivity index (χ1v) is 13.8. The van der Waals surface area contributed by atoms with Gasteiger partial charge in [-0.3, -0.25) is 0 Å². The molecule has 0 aromatic heterocycles. The zero-order valence-electron chi connectivity index (χ0n) is 20.6. The minimum atomic E-state index is -0.684. The summed E-state index contributed by atoms with van der Waals surface area (Å²) in [4.78, 5) is 2.07. The average Bonchev–Trinajstić information content (AvgIpc) is 3.25. The number of hydrogen-bond donors (Lipinski definition) is 3. The molecule has 3 N–H and O–H groups in total. The van der Waals surface area contributed by atoms with E-state index < -0.39 is 6.10 Å². The number of thiocarbonyl (C=S) groups is 1. The molecular weight excluding hydrogens is 517 g/mol. The number of aliphatic hydroxyl groups excluding tert-OH is 1. The van der Waals surface area contributed by atoms with Crippen molar-refractivity contribution >= 4 is 34.0 Å². The topological polar surface area (TPSA) is 63.9 Å². The van der Waals surface area contributed by atoms with Gasteiger partial charge >= 0.3 is 0 Å². The van der Waals surface area contributed by atoms with Crippen molar-refractivity contribution in [1.29, 1.82) is 0 Å². The van der Waals surface area contributed by atoms with E-state index >= 15 is 0 Å². The van der Waals surface area contributed by atoms with Crippen LogP contribution in [0, 0.1) is 5.82 Å². The van der Waals surface area contributed by atoms with E-state index in [1.165, 1.54) is 18.2 Å². The lowest BCUT2D eigenvalue weighted by molar-refractivity contribution is 0.163. The summed E-state index contributed by atoms with van der Waals surface area (Å²) in [5.41, 5.74) is 4.53. The van der Waals surface area contributed by atoms with Crippen molar-refractivity contribution < 1.29 is 19.7 Å². The van der Waals surface area contributed by atoms with E-state index in [2.05, 4.69) is 29.2 Å². The highest BCUT2D eigenvalue weighted by atomic mass is 32.2. The van der Waals surface area contributed by atoms with Gasteiger partial charge in [-0.15, -0.1) is 0 Å². The summed E-state index contributed by atoms with van der Waals surface area (Å²) in [6.45, 7) is 0. The summed E-state index contributed by atoms with van der Waals surface area (Å²) >= 11 is 7.42. The fourth-order valence-corrected chi connectivity index (χ4v) is 6.81. The number of hydrogen-bond acceptors (Lipinski definition) is 5. The minimum absolute atomic E-state index is 0.00258. The van der Waals surface area contributed by atoms with Crippen LogP contribution in [0.15, 0.2) is 97.1 Å². The number of rotatable bonds is 8. The number of benzene rings is 4. The molecule has 3 atom stereocenters. The fraction of sp³-hybridized carbons (Fsp3) is 0.194. The molecule has 0 saturated carbocycles. The quantitative estimate of drug-likeness (QED) is 0.197. The van der Waals surface area contributed by atoms with Gasteiger partial charge in [-0.2, -0.15) is 0 Å². The van der Waals surface area contributed by atoms with E-state index in [1.54, 1.807) is 36.0 Å². The van der Waals surface area contributed by atoms with Crippen molar-refractivity contribution in [3.05, 3.63) is 114 Å². The molecule has 1 unspecified atom stereocenters. The Morgan fingerprint density at radius 3 is 2.24 bits per heavy atom. The van der Waals surface area contributed by atoms with Gasteiger partial charge in [0.15, 0.2) is 0 Å². The molecule has 1 aliphatic heterocycles. The first-order valence-electron chi connectivity index (χ1n) is 12.5. The highest BCUT2D eigenvalue weighted by molar-refractivity contribution is 8.24. The second-order valence-corrected chi connectivity index (χ2v) is 11.3. The third kappa shape index (κ3) is 5.70. The summed E-state index contributed by atoms with van der Waals surface area (Å²) < 4.78 is 14.0. The van der Waals surface area contributed by atoms with Gasteiger partial charge in [0.1, 0.15) is 21.6 Å². The molecule has 5 rings (SSSR count). The maximum atomic E-state index is 13.3. The molecule has 4 aromatic carbocycles. The van der Waals surface area contributed by atoms with Crippen molar-refractivity contribution in [3.8, 4) is 22.6 Å². The van der Waals surface area contributed by atoms with Crippen molar-refractivity contribution in [1.82, 2.24) is 0 Å².